The molecule has 0 radical (unpaired) electrons. The summed E-state index contributed by atoms with van der Waals surface area (Å²) < 4.78 is 4.08. The largest absolute Gasteiger partial charge is 0.142 e. The van der Waals surface area contributed by atoms with Crippen molar-refractivity contribution in [3.63, 3.8) is 0 Å². The Labute approximate surface area is 92.5 Å². The highest BCUT2D eigenvalue weighted by Crippen LogP contribution is 2.52. The molecule has 70 valence electrons. The lowest BCUT2D eigenvalue weighted by Gasteiger charge is -2.02. The van der Waals surface area contributed by atoms with Crippen molar-refractivity contribution in [3.05, 3.63) is 32.7 Å². The molecule has 0 aromatic carbocycles. The Morgan fingerprint density at radius 2 is 2.36 bits per heavy atom. The van der Waals surface area contributed by atoms with Crippen LogP contribution in [0, 0.1) is 0 Å². The molecule has 2 nitrogen and oxygen atoms in total. The van der Waals surface area contributed by atoms with Crippen LogP contribution in [0.3, 0.4) is 0 Å². The summed E-state index contributed by atoms with van der Waals surface area (Å²) in [4.78, 5) is 3.75. The molecule has 1 aromatic heterocycles. The Balaban J connectivity index is 2.29. The Morgan fingerprint density at radius 1 is 1.43 bits per heavy atom. The lowest BCUT2D eigenvalue weighted by atomic mass is 10.3. The highest BCUT2D eigenvalue weighted by molar-refractivity contribution is 8.25. The van der Waals surface area contributed by atoms with Crippen LogP contribution in [0.2, 0.25) is 0 Å². The van der Waals surface area contributed by atoms with E-state index in [0.29, 0.717) is 0 Å². The molecule has 1 aromatic rings. The van der Waals surface area contributed by atoms with E-state index < -0.39 is 0 Å². The topological polar surface area (TPSA) is 24.7 Å². The molecule has 2 aliphatic heterocycles. The summed E-state index contributed by atoms with van der Waals surface area (Å²) in [6.45, 7) is 0. The molecule has 0 fully saturated rings. The van der Waals surface area contributed by atoms with Gasteiger partial charge in [-0.15, -0.1) is 31.5 Å². The number of hydrogen-bond donors (Lipinski definition) is 0. The lowest BCUT2D eigenvalue weighted by Crippen LogP contribution is -1.73. The van der Waals surface area contributed by atoms with E-state index >= 15 is 0 Å². The van der Waals surface area contributed by atoms with Crippen LogP contribution in [0.25, 0.3) is 4.91 Å². The average molecular weight is 238 g/mol. The van der Waals surface area contributed by atoms with Gasteiger partial charge >= 0.3 is 0 Å². The zero-order valence-corrected chi connectivity index (χ0v) is 9.59. The quantitative estimate of drug-likeness (QED) is 0.486. The van der Waals surface area contributed by atoms with Gasteiger partial charge in [-0.25, -0.2) is 0 Å². The van der Waals surface area contributed by atoms with E-state index in [9.17, 15) is 0 Å². The van der Waals surface area contributed by atoms with E-state index in [4.69, 9.17) is 0 Å². The minimum absolute atomic E-state index is 0.0216. The number of thiophene rings is 1. The zero-order valence-electron chi connectivity index (χ0n) is 7.14. The van der Waals surface area contributed by atoms with Crippen molar-refractivity contribution < 1.29 is 0 Å². The Bertz CT molecular complexity index is 508. The fraction of sp³-hybridized carbons (Fsp3) is 0. The smallest absolute Gasteiger partial charge is 0.105 e. The van der Waals surface area contributed by atoms with E-state index in [1.165, 1.54) is 26.6 Å². The molecule has 0 saturated carbocycles. The normalized spacial score (nSPS) is 23.6. The van der Waals surface area contributed by atoms with Crippen molar-refractivity contribution in [3.8, 4) is 0 Å². The van der Waals surface area contributed by atoms with Gasteiger partial charge in [0.05, 0.1) is 4.88 Å². The minimum atomic E-state index is -0.0216. The van der Waals surface area contributed by atoms with Crippen molar-refractivity contribution in [2.75, 3.05) is 0 Å². The molecule has 3 heterocycles. The van der Waals surface area contributed by atoms with Gasteiger partial charge < -0.3 is 0 Å². The number of fused-ring (bicyclic) bond motifs is 2. The first-order chi connectivity index (χ1) is 6.86. The fourth-order valence-corrected chi connectivity index (χ4v) is 4.84. The van der Waals surface area contributed by atoms with Gasteiger partial charge in [-0.05, 0) is 22.9 Å². The third-order valence-electron chi connectivity index (χ3n) is 2.01. The summed E-state index contributed by atoms with van der Waals surface area (Å²) >= 11 is 3.17. The summed E-state index contributed by atoms with van der Waals surface area (Å²) in [6.07, 6.45) is 2.10. The predicted octanol–water partition coefficient (Wildman–Crippen LogP) is 4.39. The summed E-state index contributed by atoms with van der Waals surface area (Å²) in [5.41, 5.74) is 0.984. The molecule has 0 bridgehead atoms. The Hall–Kier alpha value is -0.650. The standard InChI is InChI=1S/C9H6N2S3/c1-14-5-3-7-9(14)8-6(2-4-12-8)10-11-13-7/h2-5H,1H2. The van der Waals surface area contributed by atoms with Gasteiger partial charge in [0.2, 0.25) is 0 Å². The van der Waals surface area contributed by atoms with E-state index in [0.717, 1.165) is 5.69 Å². The van der Waals surface area contributed by atoms with Gasteiger partial charge in [0.15, 0.2) is 0 Å². The second kappa shape index (κ2) is 3.18. The Kier molecular flexibility index (Phi) is 1.97. The maximum atomic E-state index is 4.16. The first-order valence-electron chi connectivity index (χ1n) is 3.97. The fourth-order valence-electron chi connectivity index (χ4n) is 1.38. The molecule has 0 N–H and O–H groups in total. The number of nitrogens with zero attached hydrogens (tertiary/aromatic N) is 2. The highest BCUT2D eigenvalue weighted by atomic mass is 32.2. The maximum absolute atomic E-state index is 4.16. The maximum Gasteiger partial charge on any atom is 0.105 e. The molecule has 0 spiro atoms. The van der Waals surface area contributed by atoms with Gasteiger partial charge in [0.1, 0.15) is 5.69 Å². The van der Waals surface area contributed by atoms with Crippen molar-refractivity contribution >= 4 is 50.2 Å². The molecule has 5 heteroatoms. The first-order valence-corrected chi connectivity index (χ1v) is 7.08. The molecule has 1 atom stereocenters. The third kappa shape index (κ3) is 1.16. The third-order valence-corrected chi connectivity index (χ3v) is 5.30. The zero-order chi connectivity index (χ0) is 9.54. The van der Waals surface area contributed by atoms with E-state index in [-0.39, 0.29) is 10.5 Å². The van der Waals surface area contributed by atoms with Crippen LogP contribution >= 0.6 is 33.8 Å². The van der Waals surface area contributed by atoms with Crippen LogP contribution in [0.5, 0.6) is 0 Å². The summed E-state index contributed by atoms with van der Waals surface area (Å²) in [5, 5.41) is 8.36. The lowest BCUT2D eigenvalue weighted by molar-refractivity contribution is 1.36. The van der Waals surface area contributed by atoms with Crippen LogP contribution in [0.15, 0.2) is 37.5 Å². The number of hydrogen-bond acceptors (Lipinski definition) is 4. The van der Waals surface area contributed by atoms with Crippen molar-refractivity contribution in [2.24, 2.45) is 9.63 Å². The number of rotatable bonds is 0. The van der Waals surface area contributed by atoms with Gasteiger partial charge in [-0.2, -0.15) is 0 Å². The van der Waals surface area contributed by atoms with Gasteiger partial charge in [-0.3, -0.25) is 0 Å². The first kappa shape index (κ1) is 8.64. The van der Waals surface area contributed by atoms with E-state index in [2.05, 4.69) is 32.4 Å². The van der Waals surface area contributed by atoms with Crippen LogP contribution in [0.4, 0.5) is 5.69 Å². The molecule has 0 amide bonds. The molecular formula is C9H6N2S3. The van der Waals surface area contributed by atoms with Crippen LogP contribution in [0.1, 0.15) is 4.88 Å². The van der Waals surface area contributed by atoms with Crippen molar-refractivity contribution in [1.29, 1.82) is 0 Å². The monoisotopic (exact) mass is 238 g/mol. The van der Waals surface area contributed by atoms with E-state index in [1.54, 1.807) is 11.3 Å². The molecule has 1 unspecified atom stereocenters. The molecule has 14 heavy (non-hydrogen) atoms. The van der Waals surface area contributed by atoms with Crippen LogP contribution in [-0.2, 0) is 0 Å². The predicted molar refractivity (Wildman–Crippen MR) is 67.2 cm³/mol. The SMILES string of the molecule is C=S1C=CC2=C1c1sccc1N=NS2. The second-order valence-corrected chi connectivity index (χ2v) is 6.07. The summed E-state index contributed by atoms with van der Waals surface area (Å²) in [7, 11) is -0.0216. The number of allylic oxidation sites excluding steroid dienone is 1. The van der Waals surface area contributed by atoms with Crippen LogP contribution < -0.4 is 0 Å². The van der Waals surface area contributed by atoms with E-state index in [1.807, 2.05) is 6.07 Å². The van der Waals surface area contributed by atoms with Gasteiger partial charge in [0.25, 0.3) is 0 Å². The second-order valence-electron chi connectivity index (χ2n) is 2.83. The summed E-state index contributed by atoms with van der Waals surface area (Å²) in [5.74, 6) is 4.14. The van der Waals surface area contributed by atoms with Gasteiger partial charge in [0, 0.05) is 21.8 Å². The average Bonchev–Trinajstić information content (AvgIpc) is 2.71. The van der Waals surface area contributed by atoms with Crippen LogP contribution in [-0.4, -0.2) is 5.87 Å². The Morgan fingerprint density at radius 3 is 3.29 bits per heavy atom. The van der Waals surface area contributed by atoms with Gasteiger partial charge in [-0.1, -0.05) is 5.87 Å². The minimum Gasteiger partial charge on any atom is -0.142 e. The van der Waals surface area contributed by atoms with Crippen molar-refractivity contribution in [2.45, 2.75) is 0 Å². The molecule has 2 aliphatic rings. The summed E-state index contributed by atoms with van der Waals surface area (Å²) in [6, 6.07) is 2.01. The molecule has 3 rings (SSSR count). The molecule has 0 saturated heterocycles. The highest BCUT2D eigenvalue weighted by Gasteiger charge is 2.21. The molecular weight excluding hydrogens is 232 g/mol. The molecule has 0 aliphatic carbocycles. The van der Waals surface area contributed by atoms with Crippen molar-refractivity contribution in [1.82, 2.24) is 0 Å².